The van der Waals surface area contributed by atoms with Gasteiger partial charge in [0.15, 0.2) is 0 Å². The Morgan fingerprint density at radius 1 is 1.18 bits per heavy atom. The third kappa shape index (κ3) is 3.68. The molecule has 0 heterocycles. The van der Waals surface area contributed by atoms with Crippen molar-refractivity contribution in [3.8, 4) is 6.07 Å². The predicted molar refractivity (Wildman–Crippen MR) is 98.7 cm³/mol. The number of nitriles is 1. The Morgan fingerprint density at radius 2 is 1.64 bits per heavy atom. The zero-order valence-electron chi connectivity index (χ0n) is 14.7. The number of carbonyl (C=O) groups excluding carboxylic acids is 1. The quantitative estimate of drug-likeness (QED) is 0.794. The Bertz CT molecular complexity index is 554. The second-order valence-corrected chi connectivity index (χ2v) is 11.9. The van der Waals surface area contributed by atoms with Crippen molar-refractivity contribution < 1.29 is 4.79 Å². The van der Waals surface area contributed by atoms with Crippen molar-refractivity contribution in [3.05, 3.63) is 28.8 Å². The first-order valence-corrected chi connectivity index (χ1v) is 10.9. The number of anilines is 1. The van der Waals surface area contributed by atoms with Crippen LogP contribution in [-0.4, -0.2) is 30.1 Å². The van der Waals surface area contributed by atoms with Gasteiger partial charge in [0, 0.05) is 0 Å². The molecule has 0 aliphatic carbocycles. The molecule has 1 aromatic carbocycles. The molecule has 0 aliphatic heterocycles. The van der Waals surface area contributed by atoms with Gasteiger partial charge in [0.05, 0.1) is 0 Å². The monoisotopic (exact) mass is 320 g/mol. The molecule has 1 amide bonds. The van der Waals surface area contributed by atoms with E-state index in [-0.39, 0.29) is 11.6 Å². The summed E-state index contributed by atoms with van der Waals surface area (Å²) < 4.78 is 0. The molecule has 0 bridgehead atoms. The van der Waals surface area contributed by atoms with Crippen molar-refractivity contribution in [2.75, 3.05) is 23.8 Å². The normalized spacial score (nSPS) is 13.3. The van der Waals surface area contributed by atoms with Crippen molar-refractivity contribution in [2.24, 2.45) is 0 Å². The SMILES string of the molecule is CC[PH](CC)(CC)C(C)C(=O)Nc1c(C)cc(C#N)cc1C. The summed E-state index contributed by atoms with van der Waals surface area (Å²) in [6, 6.07) is 5.82. The van der Waals surface area contributed by atoms with E-state index < -0.39 is 7.26 Å². The molecule has 1 unspecified atom stereocenters. The van der Waals surface area contributed by atoms with Crippen LogP contribution in [0.3, 0.4) is 0 Å². The molecule has 0 aliphatic rings. The standard InChI is InChI=1S/C18H29N2OP/c1-7-22(8-2,9-3)15(6)18(21)20-17-13(4)10-16(12-19)11-14(17)5/h10-11,15,22H,7-9H2,1-6H3,(H,20,21). The molecule has 4 heteroatoms. The van der Waals surface area contributed by atoms with Crippen LogP contribution >= 0.6 is 7.26 Å². The van der Waals surface area contributed by atoms with E-state index in [9.17, 15) is 4.79 Å². The third-order valence-corrected chi connectivity index (χ3v) is 11.7. The summed E-state index contributed by atoms with van der Waals surface area (Å²) in [6.07, 6.45) is 3.42. The average Bonchev–Trinajstić information content (AvgIpc) is 2.52. The van der Waals surface area contributed by atoms with Gasteiger partial charge in [-0.25, -0.2) is 0 Å². The van der Waals surface area contributed by atoms with Gasteiger partial charge in [-0.05, 0) is 0 Å². The Morgan fingerprint density at radius 3 is 2.00 bits per heavy atom. The van der Waals surface area contributed by atoms with Gasteiger partial charge in [-0.15, -0.1) is 0 Å². The van der Waals surface area contributed by atoms with Crippen LogP contribution in [0.5, 0.6) is 0 Å². The summed E-state index contributed by atoms with van der Waals surface area (Å²) in [5.74, 6) is 0.133. The minimum absolute atomic E-state index is 0.0990. The van der Waals surface area contributed by atoms with Crippen molar-refractivity contribution >= 4 is 18.9 Å². The Kier molecular flexibility index (Phi) is 6.57. The maximum atomic E-state index is 12.8. The summed E-state index contributed by atoms with van der Waals surface area (Å²) in [5, 5.41) is 12.1. The van der Waals surface area contributed by atoms with Gasteiger partial charge in [-0.2, -0.15) is 0 Å². The molecular formula is C18H29N2OP. The van der Waals surface area contributed by atoms with E-state index in [1.807, 2.05) is 26.0 Å². The molecule has 3 nitrogen and oxygen atoms in total. The molecule has 0 fully saturated rings. The van der Waals surface area contributed by atoms with Gasteiger partial charge in [-0.1, -0.05) is 0 Å². The second kappa shape index (κ2) is 7.75. The van der Waals surface area contributed by atoms with Crippen LogP contribution in [0, 0.1) is 25.2 Å². The Labute approximate surface area is 135 Å². The van der Waals surface area contributed by atoms with E-state index in [0.29, 0.717) is 5.56 Å². The zero-order chi connectivity index (χ0) is 16.9. The molecule has 0 aromatic heterocycles. The molecule has 0 spiro atoms. The third-order valence-electron chi connectivity index (χ3n) is 5.33. The van der Waals surface area contributed by atoms with Crippen molar-refractivity contribution in [2.45, 2.75) is 47.2 Å². The van der Waals surface area contributed by atoms with Crippen molar-refractivity contribution in [1.82, 2.24) is 0 Å². The first-order valence-electron chi connectivity index (χ1n) is 8.17. The summed E-state index contributed by atoms with van der Waals surface area (Å²) in [7, 11) is -1.55. The number of amides is 1. The number of nitrogens with one attached hydrogen (secondary N) is 1. The van der Waals surface area contributed by atoms with Crippen LogP contribution in [0.1, 0.15) is 44.4 Å². The van der Waals surface area contributed by atoms with E-state index in [4.69, 9.17) is 5.26 Å². The number of hydrogen-bond donors (Lipinski definition) is 1. The number of nitrogens with zero attached hydrogens (tertiary/aromatic N) is 1. The van der Waals surface area contributed by atoms with E-state index in [2.05, 4.69) is 39.1 Å². The summed E-state index contributed by atoms with van der Waals surface area (Å²) in [5.41, 5.74) is 3.51. The number of hydrogen-bond acceptors (Lipinski definition) is 2. The van der Waals surface area contributed by atoms with E-state index in [0.717, 1.165) is 35.3 Å². The summed E-state index contributed by atoms with van der Waals surface area (Å²) >= 11 is 0. The summed E-state index contributed by atoms with van der Waals surface area (Å²) in [6.45, 7) is 12.6. The van der Waals surface area contributed by atoms with Gasteiger partial charge >= 0.3 is 135 Å². The minimum atomic E-state index is -1.55. The first kappa shape index (κ1) is 18.7. The fourth-order valence-corrected chi connectivity index (χ4v) is 7.37. The van der Waals surface area contributed by atoms with Gasteiger partial charge < -0.3 is 0 Å². The van der Waals surface area contributed by atoms with E-state index in [1.165, 1.54) is 0 Å². The fraction of sp³-hybridized carbons (Fsp3) is 0.556. The number of benzene rings is 1. The van der Waals surface area contributed by atoms with Gasteiger partial charge in [0.2, 0.25) is 0 Å². The maximum absolute atomic E-state index is 12.8. The van der Waals surface area contributed by atoms with Crippen molar-refractivity contribution in [3.63, 3.8) is 0 Å². The first-order chi connectivity index (χ1) is 10.3. The van der Waals surface area contributed by atoms with Gasteiger partial charge in [0.25, 0.3) is 0 Å². The molecule has 0 radical (unpaired) electrons. The fourth-order valence-electron chi connectivity index (χ4n) is 3.40. The summed E-state index contributed by atoms with van der Waals surface area (Å²) in [4.78, 5) is 12.8. The molecule has 1 atom stereocenters. The second-order valence-electron chi connectivity index (χ2n) is 6.23. The van der Waals surface area contributed by atoms with Crippen LogP contribution in [0.25, 0.3) is 0 Å². The zero-order valence-corrected chi connectivity index (χ0v) is 15.7. The number of carbonyl (C=O) groups is 1. The van der Waals surface area contributed by atoms with Crippen molar-refractivity contribution in [1.29, 1.82) is 5.26 Å². The number of aryl methyl sites for hydroxylation is 2. The molecular weight excluding hydrogens is 291 g/mol. The number of rotatable bonds is 6. The molecule has 122 valence electrons. The molecule has 1 rings (SSSR count). The van der Waals surface area contributed by atoms with Crippen LogP contribution in [0.15, 0.2) is 12.1 Å². The van der Waals surface area contributed by atoms with Crippen LogP contribution in [-0.2, 0) is 4.79 Å². The van der Waals surface area contributed by atoms with Crippen LogP contribution in [0.4, 0.5) is 5.69 Å². The average molecular weight is 320 g/mol. The Hall–Kier alpha value is -1.39. The van der Waals surface area contributed by atoms with Gasteiger partial charge in [-0.3, -0.25) is 0 Å². The Balaban J connectivity index is 3.06. The predicted octanol–water partition coefficient (Wildman–Crippen LogP) is 4.31. The molecule has 1 N–H and O–H groups in total. The van der Waals surface area contributed by atoms with Gasteiger partial charge in [0.1, 0.15) is 0 Å². The molecule has 1 aromatic rings. The molecule has 22 heavy (non-hydrogen) atoms. The molecule has 0 saturated heterocycles. The van der Waals surface area contributed by atoms with E-state index >= 15 is 0 Å². The van der Waals surface area contributed by atoms with Crippen LogP contribution in [0.2, 0.25) is 0 Å². The topological polar surface area (TPSA) is 52.9 Å². The van der Waals surface area contributed by atoms with E-state index in [1.54, 1.807) is 0 Å². The van der Waals surface area contributed by atoms with Crippen LogP contribution < -0.4 is 5.32 Å². The molecule has 0 saturated carbocycles.